The molecule has 0 aliphatic rings. The molecule has 1 atom stereocenters. The largest absolute Gasteiger partial charge is 0.301 e. The average Bonchev–Trinajstić information content (AvgIpc) is 3.31. The van der Waals surface area contributed by atoms with Crippen LogP contribution in [0.4, 0.5) is 0 Å². The van der Waals surface area contributed by atoms with Crippen LogP contribution in [0.5, 0.6) is 0 Å². The second kappa shape index (κ2) is 8.78. The number of benzene rings is 2. The van der Waals surface area contributed by atoms with Gasteiger partial charge in [-0.1, -0.05) is 66.0 Å². The number of nitrogens with zero attached hydrogens (tertiary/aromatic N) is 5. The fraction of sp³-hybridized carbons (Fsp3) is 0.200. The first-order valence-corrected chi connectivity index (χ1v) is 11.4. The summed E-state index contributed by atoms with van der Waals surface area (Å²) in [5, 5.41) is 18.5. The lowest BCUT2D eigenvalue weighted by Gasteiger charge is -2.10. The van der Waals surface area contributed by atoms with Crippen molar-refractivity contribution < 1.29 is 0 Å². The van der Waals surface area contributed by atoms with Crippen molar-refractivity contribution in [2.24, 2.45) is 0 Å². The van der Waals surface area contributed by atoms with E-state index in [1.807, 2.05) is 43.3 Å². The van der Waals surface area contributed by atoms with E-state index in [0.29, 0.717) is 12.3 Å². The van der Waals surface area contributed by atoms with Crippen molar-refractivity contribution in [1.82, 2.24) is 19.7 Å². The Morgan fingerprint density at radius 3 is 2.68 bits per heavy atom. The molecule has 0 saturated heterocycles. The van der Waals surface area contributed by atoms with Crippen LogP contribution in [0.2, 0.25) is 0 Å². The molecule has 28 heavy (non-hydrogen) atoms. The molecule has 0 N–H and O–H groups in total. The van der Waals surface area contributed by atoms with E-state index in [1.54, 1.807) is 23.1 Å². The summed E-state index contributed by atoms with van der Waals surface area (Å²) in [7, 11) is 0. The van der Waals surface area contributed by atoms with E-state index in [9.17, 15) is 0 Å². The molecule has 2 aromatic heterocycles. The molecule has 4 aromatic rings. The Labute approximate surface area is 175 Å². The van der Waals surface area contributed by atoms with Gasteiger partial charge in [-0.15, -0.1) is 21.5 Å². The van der Waals surface area contributed by atoms with Gasteiger partial charge in [0, 0.05) is 0 Å². The predicted octanol–water partition coefficient (Wildman–Crippen LogP) is 5.23. The molecular weight excluding hydrogens is 406 g/mol. The van der Waals surface area contributed by atoms with Crippen LogP contribution >= 0.6 is 34.9 Å². The number of aromatic nitrogens is 4. The van der Waals surface area contributed by atoms with Crippen molar-refractivity contribution in [2.75, 3.05) is 0 Å². The number of hydrogen-bond acceptors (Lipinski definition) is 7. The van der Waals surface area contributed by atoms with E-state index in [-0.39, 0.29) is 5.25 Å². The van der Waals surface area contributed by atoms with Gasteiger partial charge >= 0.3 is 0 Å². The Bertz CT molecular complexity index is 1080. The third-order valence-electron chi connectivity index (χ3n) is 4.04. The summed E-state index contributed by atoms with van der Waals surface area (Å²) in [6, 6.07) is 20.7. The van der Waals surface area contributed by atoms with Gasteiger partial charge in [0.15, 0.2) is 9.50 Å². The zero-order valence-electron chi connectivity index (χ0n) is 15.1. The number of fused-ring (bicyclic) bond motifs is 1. The van der Waals surface area contributed by atoms with Crippen LogP contribution < -0.4 is 0 Å². The lowest BCUT2D eigenvalue weighted by atomic mass is 10.2. The summed E-state index contributed by atoms with van der Waals surface area (Å²) in [6.45, 7) is 2.56. The van der Waals surface area contributed by atoms with Gasteiger partial charge in [-0.05, 0) is 24.6 Å². The maximum atomic E-state index is 9.17. The van der Waals surface area contributed by atoms with Crippen molar-refractivity contribution in [3.63, 3.8) is 0 Å². The van der Waals surface area contributed by atoms with Gasteiger partial charge < -0.3 is 4.57 Å². The van der Waals surface area contributed by atoms with Crippen LogP contribution in [0.25, 0.3) is 10.2 Å². The van der Waals surface area contributed by atoms with Gasteiger partial charge in [0.2, 0.25) is 0 Å². The molecule has 1 unspecified atom stereocenters. The summed E-state index contributed by atoms with van der Waals surface area (Å²) in [5.74, 6) is 1.57. The molecule has 2 heterocycles. The third kappa shape index (κ3) is 4.38. The zero-order chi connectivity index (χ0) is 19.3. The predicted molar refractivity (Wildman–Crippen MR) is 116 cm³/mol. The minimum absolute atomic E-state index is 0.177. The Hall–Kier alpha value is -2.34. The van der Waals surface area contributed by atoms with E-state index < -0.39 is 0 Å². The molecule has 0 fully saturated rings. The Kier molecular flexibility index (Phi) is 5.95. The van der Waals surface area contributed by atoms with E-state index >= 15 is 0 Å². The molecule has 0 amide bonds. The number of rotatable bonds is 7. The van der Waals surface area contributed by atoms with E-state index in [1.165, 1.54) is 22.0 Å². The molecule has 0 spiro atoms. The molecule has 0 aliphatic carbocycles. The Balaban J connectivity index is 1.57. The van der Waals surface area contributed by atoms with Gasteiger partial charge in [0.1, 0.15) is 5.82 Å². The molecule has 5 nitrogen and oxygen atoms in total. The molecule has 4 rings (SSSR count). The van der Waals surface area contributed by atoms with Gasteiger partial charge in [-0.25, -0.2) is 4.98 Å². The second-order valence-corrected chi connectivity index (χ2v) is 9.66. The van der Waals surface area contributed by atoms with Crippen LogP contribution in [-0.4, -0.2) is 25.0 Å². The Morgan fingerprint density at radius 1 is 1.11 bits per heavy atom. The highest BCUT2D eigenvalue weighted by atomic mass is 32.2. The summed E-state index contributed by atoms with van der Waals surface area (Å²) >= 11 is 4.81. The van der Waals surface area contributed by atoms with E-state index in [4.69, 9.17) is 5.26 Å². The van der Waals surface area contributed by atoms with Crippen LogP contribution in [0, 0.1) is 11.3 Å². The summed E-state index contributed by atoms with van der Waals surface area (Å²) in [6.07, 6.45) is 0. The number of para-hydroxylation sites is 1. The van der Waals surface area contributed by atoms with E-state index in [0.717, 1.165) is 20.8 Å². The zero-order valence-corrected chi connectivity index (χ0v) is 17.6. The number of hydrogen-bond donors (Lipinski definition) is 0. The van der Waals surface area contributed by atoms with Crippen LogP contribution in [0.1, 0.15) is 18.3 Å². The first-order valence-electron chi connectivity index (χ1n) is 8.73. The van der Waals surface area contributed by atoms with Gasteiger partial charge in [0.05, 0.1) is 33.8 Å². The summed E-state index contributed by atoms with van der Waals surface area (Å²) < 4.78 is 4.32. The normalized spacial score (nSPS) is 12.1. The fourth-order valence-electron chi connectivity index (χ4n) is 2.66. The van der Waals surface area contributed by atoms with Crippen molar-refractivity contribution in [3.05, 3.63) is 66.0 Å². The number of thiazole rings is 1. The van der Waals surface area contributed by atoms with Crippen molar-refractivity contribution in [2.45, 2.75) is 34.0 Å². The molecule has 0 aliphatic heterocycles. The van der Waals surface area contributed by atoms with Crippen LogP contribution in [-0.2, 0) is 12.3 Å². The molecule has 0 saturated carbocycles. The average molecular weight is 424 g/mol. The van der Waals surface area contributed by atoms with Crippen molar-refractivity contribution in [3.8, 4) is 6.07 Å². The van der Waals surface area contributed by atoms with Crippen LogP contribution in [0.3, 0.4) is 0 Å². The highest BCUT2D eigenvalue weighted by molar-refractivity contribution is 8.00. The molecule has 8 heteroatoms. The van der Waals surface area contributed by atoms with Crippen LogP contribution in [0.15, 0.2) is 64.1 Å². The van der Waals surface area contributed by atoms with E-state index in [2.05, 4.69) is 44.0 Å². The maximum absolute atomic E-state index is 9.17. The lowest BCUT2D eigenvalue weighted by molar-refractivity contribution is 0.684. The quantitative estimate of drug-likeness (QED) is 0.379. The lowest BCUT2D eigenvalue weighted by Crippen LogP contribution is -2.07. The first kappa shape index (κ1) is 19.0. The highest BCUT2D eigenvalue weighted by Gasteiger charge is 2.17. The van der Waals surface area contributed by atoms with Crippen molar-refractivity contribution in [1.29, 1.82) is 5.26 Å². The fourth-order valence-corrected chi connectivity index (χ4v) is 5.42. The topological polar surface area (TPSA) is 67.4 Å². The number of nitriles is 1. The minimum Gasteiger partial charge on any atom is -0.301 e. The van der Waals surface area contributed by atoms with Gasteiger partial charge in [-0.3, -0.25) is 0 Å². The highest BCUT2D eigenvalue weighted by Crippen LogP contribution is 2.32. The van der Waals surface area contributed by atoms with Gasteiger partial charge in [-0.2, -0.15) is 5.26 Å². The van der Waals surface area contributed by atoms with Gasteiger partial charge in [0.25, 0.3) is 0 Å². The summed E-state index contributed by atoms with van der Waals surface area (Å²) in [5.41, 5.74) is 2.21. The summed E-state index contributed by atoms with van der Waals surface area (Å²) in [4.78, 5) is 4.69. The number of thioether (sulfide) groups is 2. The molecule has 0 radical (unpaired) electrons. The smallest absolute Gasteiger partial charge is 0.192 e. The maximum Gasteiger partial charge on any atom is 0.192 e. The standard InChI is InChI=1S/C20H17N5S3/c1-14(11-21)27-19-24-23-18(25(19)12-15-7-3-2-4-8-15)13-26-20-22-16-9-5-6-10-17(16)28-20/h2-10,14H,12-13H2,1H3. The minimum atomic E-state index is -0.177. The third-order valence-corrected chi connectivity index (χ3v) is 7.19. The molecule has 140 valence electrons. The van der Waals surface area contributed by atoms with Crippen molar-refractivity contribution >= 4 is 45.1 Å². The molecular formula is C20H17N5S3. The monoisotopic (exact) mass is 423 g/mol. The SMILES string of the molecule is CC(C#N)Sc1nnc(CSc2nc3ccccc3s2)n1Cc1ccccc1. The Morgan fingerprint density at radius 2 is 1.89 bits per heavy atom. The molecule has 2 aromatic carbocycles. The molecule has 0 bridgehead atoms. The second-order valence-electron chi connectivity index (χ2n) is 6.10. The first-order chi connectivity index (χ1) is 13.7.